The maximum Gasteiger partial charge on any atom is 0.281 e. The van der Waals surface area contributed by atoms with Gasteiger partial charge in [-0.25, -0.2) is 0 Å². The first-order valence-corrected chi connectivity index (χ1v) is 8.65. The van der Waals surface area contributed by atoms with Gasteiger partial charge in [-0.2, -0.15) is 0 Å². The van der Waals surface area contributed by atoms with Gasteiger partial charge in [-0.15, -0.1) is 0 Å². The van der Waals surface area contributed by atoms with Crippen LogP contribution in [0.2, 0.25) is 0 Å². The molecule has 0 unspecified atom stereocenters. The molecule has 0 saturated carbocycles. The molecule has 122 valence electrons. The molecule has 24 heavy (non-hydrogen) atoms. The Hall–Kier alpha value is -2.18. The first kappa shape index (κ1) is 16.7. The van der Waals surface area contributed by atoms with Gasteiger partial charge < -0.3 is 10.1 Å². The van der Waals surface area contributed by atoms with Crippen LogP contribution in [0.4, 0.5) is 5.69 Å². The molecule has 2 aromatic rings. The van der Waals surface area contributed by atoms with E-state index in [1.54, 1.807) is 6.08 Å². The smallest absolute Gasteiger partial charge is 0.281 e. The number of rotatable bonds is 4. The second-order valence-electron chi connectivity index (χ2n) is 5.08. The van der Waals surface area contributed by atoms with Crippen molar-refractivity contribution < 1.29 is 9.53 Å². The maximum atomic E-state index is 12.7. The average molecular weight is 403 g/mol. The fraction of sp³-hybridized carbons (Fsp3) is 0.111. The van der Waals surface area contributed by atoms with E-state index >= 15 is 0 Å². The second-order valence-corrected chi connectivity index (χ2v) is 6.38. The summed E-state index contributed by atoms with van der Waals surface area (Å²) in [5, 5.41) is 3.35. The van der Waals surface area contributed by atoms with Crippen molar-refractivity contribution >= 4 is 50.9 Å². The number of thiocarbonyl (C=S) groups is 1. The van der Waals surface area contributed by atoms with Crippen LogP contribution in [0.1, 0.15) is 12.5 Å². The van der Waals surface area contributed by atoms with E-state index in [4.69, 9.17) is 17.0 Å². The molecule has 2 aromatic carbocycles. The summed E-state index contributed by atoms with van der Waals surface area (Å²) in [7, 11) is 0. The lowest BCUT2D eigenvalue weighted by atomic mass is 10.1. The molecule has 1 amide bonds. The number of anilines is 1. The lowest BCUT2D eigenvalue weighted by Gasteiger charge is -2.13. The number of para-hydroxylation sites is 1. The van der Waals surface area contributed by atoms with E-state index in [1.807, 2.05) is 55.5 Å². The van der Waals surface area contributed by atoms with E-state index in [9.17, 15) is 4.79 Å². The van der Waals surface area contributed by atoms with Crippen molar-refractivity contribution in [2.45, 2.75) is 6.92 Å². The normalized spacial score (nSPS) is 15.8. The topological polar surface area (TPSA) is 41.6 Å². The highest BCUT2D eigenvalue weighted by molar-refractivity contribution is 9.10. The standard InChI is InChI=1S/C18H15BrN2O2S/c1-2-23-16-6-4-3-5-12(16)11-15-17(22)21(18(24)20-15)14-9-7-13(19)8-10-14/h3-11H,2H2,1H3,(H,20,24). The minimum absolute atomic E-state index is 0.186. The lowest BCUT2D eigenvalue weighted by molar-refractivity contribution is -0.113. The van der Waals surface area contributed by atoms with Crippen LogP contribution in [0.15, 0.2) is 58.7 Å². The summed E-state index contributed by atoms with van der Waals surface area (Å²) in [5.41, 5.74) is 1.98. The van der Waals surface area contributed by atoms with Crippen LogP contribution in [-0.2, 0) is 4.79 Å². The second kappa shape index (κ2) is 7.15. The summed E-state index contributed by atoms with van der Waals surface area (Å²) in [6.45, 7) is 2.48. The van der Waals surface area contributed by atoms with Gasteiger partial charge in [-0.3, -0.25) is 9.69 Å². The molecule has 3 rings (SSSR count). The van der Waals surface area contributed by atoms with E-state index in [0.717, 1.165) is 21.5 Å². The Labute approximate surface area is 154 Å². The van der Waals surface area contributed by atoms with Crippen LogP contribution < -0.4 is 15.0 Å². The van der Waals surface area contributed by atoms with Gasteiger partial charge in [0.2, 0.25) is 0 Å². The molecule has 4 nitrogen and oxygen atoms in total. The van der Waals surface area contributed by atoms with Crippen molar-refractivity contribution in [2.75, 3.05) is 11.5 Å². The van der Waals surface area contributed by atoms with E-state index in [0.29, 0.717) is 17.4 Å². The molecule has 1 N–H and O–H groups in total. The zero-order valence-corrected chi connectivity index (χ0v) is 15.4. The van der Waals surface area contributed by atoms with Crippen molar-refractivity contribution in [3.8, 4) is 5.75 Å². The van der Waals surface area contributed by atoms with Gasteiger partial charge in [0, 0.05) is 10.0 Å². The highest BCUT2D eigenvalue weighted by Crippen LogP contribution is 2.26. The van der Waals surface area contributed by atoms with Gasteiger partial charge in [0.25, 0.3) is 5.91 Å². The molecule has 1 fully saturated rings. The van der Waals surface area contributed by atoms with Crippen LogP contribution in [0.25, 0.3) is 6.08 Å². The van der Waals surface area contributed by atoms with E-state index < -0.39 is 0 Å². The van der Waals surface area contributed by atoms with Crippen molar-refractivity contribution in [2.24, 2.45) is 0 Å². The number of nitrogens with zero attached hydrogens (tertiary/aromatic N) is 1. The first-order valence-electron chi connectivity index (χ1n) is 7.44. The largest absolute Gasteiger partial charge is 0.493 e. The van der Waals surface area contributed by atoms with Gasteiger partial charge in [0.05, 0.1) is 12.3 Å². The number of halogens is 1. The van der Waals surface area contributed by atoms with Crippen molar-refractivity contribution in [1.29, 1.82) is 0 Å². The van der Waals surface area contributed by atoms with Gasteiger partial charge >= 0.3 is 0 Å². The van der Waals surface area contributed by atoms with Crippen LogP contribution >= 0.6 is 28.1 Å². The summed E-state index contributed by atoms with van der Waals surface area (Å²) in [6, 6.07) is 15.0. The molecule has 1 aliphatic heterocycles. The van der Waals surface area contributed by atoms with Crippen LogP contribution in [0.3, 0.4) is 0 Å². The Morgan fingerprint density at radius 1 is 1.21 bits per heavy atom. The Bertz CT molecular complexity index is 818. The summed E-state index contributed by atoms with van der Waals surface area (Å²) in [5.74, 6) is 0.545. The third-order valence-electron chi connectivity index (χ3n) is 3.48. The predicted molar refractivity (Wildman–Crippen MR) is 103 cm³/mol. The van der Waals surface area contributed by atoms with Crippen molar-refractivity contribution in [3.05, 3.63) is 64.3 Å². The minimum atomic E-state index is -0.186. The number of hydrogen-bond donors (Lipinski definition) is 1. The van der Waals surface area contributed by atoms with Gasteiger partial charge in [0.15, 0.2) is 5.11 Å². The molecule has 0 aromatic heterocycles. The Kier molecular flexibility index (Phi) is 4.97. The quantitative estimate of drug-likeness (QED) is 0.616. The minimum Gasteiger partial charge on any atom is -0.493 e. The monoisotopic (exact) mass is 402 g/mol. The zero-order valence-electron chi connectivity index (χ0n) is 13.0. The number of hydrogen-bond acceptors (Lipinski definition) is 3. The van der Waals surface area contributed by atoms with E-state index in [-0.39, 0.29) is 5.91 Å². The van der Waals surface area contributed by atoms with Crippen LogP contribution in [0.5, 0.6) is 5.75 Å². The van der Waals surface area contributed by atoms with Gasteiger partial charge in [-0.1, -0.05) is 34.1 Å². The van der Waals surface area contributed by atoms with E-state index in [1.165, 1.54) is 4.90 Å². The molecule has 0 atom stereocenters. The number of ether oxygens (including phenoxy) is 1. The zero-order chi connectivity index (χ0) is 17.1. The molecular weight excluding hydrogens is 388 g/mol. The van der Waals surface area contributed by atoms with Crippen LogP contribution in [0, 0.1) is 0 Å². The lowest BCUT2D eigenvalue weighted by Crippen LogP contribution is -2.30. The molecule has 0 bridgehead atoms. The molecule has 1 saturated heterocycles. The van der Waals surface area contributed by atoms with Crippen molar-refractivity contribution in [3.63, 3.8) is 0 Å². The molecule has 0 radical (unpaired) electrons. The van der Waals surface area contributed by atoms with E-state index in [2.05, 4.69) is 21.2 Å². The molecule has 0 aliphatic carbocycles. The number of nitrogens with one attached hydrogen (secondary N) is 1. The highest BCUT2D eigenvalue weighted by atomic mass is 79.9. The third-order valence-corrected chi connectivity index (χ3v) is 4.30. The molecule has 0 spiro atoms. The number of benzene rings is 2. The summed E-state index contributed by atoms with van der Waals surface area (Å²) >= 11 is 8.71. The number of amides is 1. The van der Waals surface area contributed by atoms with Gasteiger partial charge in [0.1, 0.15) is 11.4 Å². The number of carbonyl (C=O) groups excluding carboxylic acids is 1. The number of carbonyl (C=O) groups is 1. The third kappa shape index (κ3) is 3.34. The Balaban J connectivity index is 1.93. The SMILES string of the molecule is CCOc1ccccc1C=C1NC(=S)N(c2ccc(Br)cc2)C1=O. The summed E-state index contributed by atoms with van der Waals surface area (Å²) < 4.78 is 6.54. The van der Waals surface area contributed by atoms with Gasteiger partial charge in [-0.05, 0) is 55.5 Å². The average Bonchev–Trinajstić information content (AvgIpc) is 2.85. The predicted octanol–water partition coefficient (Wildman–Crippen LogP) is 4.11. The summed E-state index contributed by atoms with van der Waals surface area (Å²) in [4.78, 5) is 14.2. The molecule has 1 aliphatic rings. The van der Waals surface area contributed by atoms with Crippen molar-refractivity contribution in [1.82, 2.24) is 5.32 Å². The first-order chi connectivity index (χ1) is 11.6. The fourth-order valence-corrected chi connectivity index (χ4v) is 2.96. The maximum absolute atomic E-state index is 12.7. The molecular formula is C18H15BrN2O2S. The molecule has 1 heterocycles. The molecule has 6 heteroatoms. The highest BCUT2D eigenvalue weighted by Gasteiger charge is 2.32. The Morgan fingerprint density at radius 3 is 2.62 bits per heavy atom. The van der Waals surface area contributed by atoms with Crippen LogP contribution in [-0.4, -0.2) is 17.6 Å². The fourth-order valence-electron chi connectivity index (χ4n) is 2.40. The summed E-state index contributed by atoms with van der Waals surface area (Å²) in [6.07, 6.45) is 1.76. The Morgan fingerprint density at radius 2 is 1.92 bits per heavy atom.